The number of thiocarbonyl (C=S) groups is 1. The van der Waals surface area contributed by atoms with Gasteiger partial charge in [0.2, 0.25) is 5.75 Å². The lowest BCUT2D eigenvalue weighted by molar-refractivity contribution is 0.0746. The van der Waals surface area contributed by atoms with Crippen LogP contribution in [0.5, 0.6) is 17.2 Å². The minimum atomic E-state index is -0.396. The average Bonchev–Trinajstić information content (AvgIpc) is 2.99. The summed E-state index contributed by atoms with van der Waals surface area (Å²) in [6.45, 7) is 11.6. The Labute approximate surface area is 252 Å². The maximum Gasteiger partial charge on any atom is 0.257 e. The summed E-state index contributed by atoms with van der Waals surface area (Å²) in [4.78, 5) is 30.2. The summed E-state index contributed by atoms with van der Waals surface area (Å²) in [6.07, 6.45) is 0. The fourth-order valence-electron chi connectivity index (χ4n) is 4.76. The molecule has 0 bridgehead atoms. The predicted octanol–water partition coefficient (Wildman–Crippen LogP) is 5.28. The molecule has 42 heavy (non-hydrogen) atoms. The summed E-state index contributed by atoms with van der Waals surface area (Å²) in [7, 11) is 0. The minimum Gasteiger partial charge on any atom is -0.490 e. The van der Waals surface area contributed by atoms with E-state index in [0.29, 0.717) is 55.7 Å². The van der Waals surface area contributed by atoms with Crippen molar-refractivity contribution < 1.29 is 23.8 Å². The third kappa shape index (κ3) is 7.50. The van der Waals surface area contributed by atoms with E-state index >= 15 is 0 Å². The molecular formula is C32H38N4O5S. The summed E-state index contributed by atoms with van der Waals surface area (Å²) in [5.41, 5.74) is 3.89. The van der Waals surface area contributed by atoms with Crippen molar-refractivity contribution in [2.45, 2.75) is 27.7 Å². The van der Waals surface area contributed by atoms with Crippen LogP contribution in [0, 0.1) is 6.92 Å². The molecule has 0 radical (unpaired) electrons. The molecule has 10 heteroatoms. The molecule has 1 aliphatic heterocycles. The Morgan fingerprint density at radius 1 is 0.833 bits per heavy atom. The zero-order valence-electron chi connectivity index (χ0n) is 24.6. The van der Waals surface area contributed by atoms with Gasteiger partial charge in [0, 0.05) is 48.7 Å². The molecule has 1 saturated heterocycles. The lowest BCUT2D eigenvalue weighted by Crippen LogP contribution is -2.48. The van der Waals surface area contributed by atoms with Gasteiger partial charge in [-0.2, -0.15) is 0 Å². The van der Waals surface area contributed by atoms with E-state index in [1.165, 1.54) is 0 Å². The van der Waals surface area contributed by atoms with E-state index in [0.717, 1.165) is 35.6 Å². The quantitative estimate of drug-likeness (QED) is 0.308. The second kappa shape index (κ2) is 14.5. The second-order valence-corrected chi connectivity index (χ2v) is 10.1. The number of rotatable bonds is 10. The van der Waals surface area contributed by atoms with Gasteiger partial charge in [0.05, 0.1) is 19.8 Å². The molecular weight excluding hydrogens is 552 g/mol. The number of amides is 2. The van der Waals surface area contributed by atoms with Gasteiger partial charge >= 0.3 is 0 Å². The van der Waals surface area contributed by atoms with Crippen LogP contribution in [-0.4, -0.2) is 67.8 Å². The molecule has 1 heterocycles. The van der Waals surface area contributed by atoms with Crippen molar-refractivity contribution in [2.24, 2.45) is 0 Å². The molecule has 1 fully saturated rings. The van der Waals surface area contributed by atoms with E-state index in [4.69, 9.17) is 26.4 Å². The number of hydrogen-bond acceptors (Lipinski definition) is 7. The summed E-state index contributed by atoms with van der Waals surface area (Å²) in [5.74, 6) is 1.02. The number of benzene rings is 3. The summed E-state index contributed by atoms with van der Waals surface area (Å²) >= 11 is 5.41. The van der Waals surface area contributed by atoms with E-state index < -0.39 is 5.91 Å². The predicted molar refractivity (Wildman–Crippen MR) is 169 cm³/mol. The Morgan fingerprint density at radius 2 is 1.43 bits per heavy atom. The molecule has 0 aromatic heterocycles. The molecule has 3 aromatic rings. The third-order valence-electron chi connectivity index (χ3n) is 6.83. The molecule has 3 aromatic carbocycles. The monoisotopic (exact) mass is 590 g/mol. The maximum absolute atomic E-state index is 13.0. The van der Waals surface area contributed by atoms with Crippen molar-refractivity contribution >= 4 is 40.5 Å². The number of nitrogens with zero attached hydrogens (tertiary/aromatic N) is 2. The molecule has 0 unspecified atom stereocenters. The molecule has 2 N–H and O–H groups in total. The molecule has 0 aliphatic carbocycles. The zero-order chi connectivity index (χ0) is 30.1. The molecule has 0 spiro atoms. The van der Waals surface area contributed by atoms with Gasteiger partial charge in [-0.15, -0.1) is 0 Å². The number of hydrogen-bond donors (Lipinski definition) is 2. The summed E-state index contributed by atoms with van der Waals surface area (Å²) < 4.78 is 17.1. The van der Waals surface area contributed by atoms with Crippen molar-refractivity contribution in [3.05, 3.63) is 77.4 Å². The highest BCUT2D eigenvalue weighted by atomic mass is 32.1. The van der Waals surface area contributed by atoms with E-state index in [2.05, 4.69) is 15.5 Å². The lowest BCUT2D eigenvalue weighted by atomic mass is 10.1. The van der Waals surface area contributed by atoms with Crippen LogP contribution in [0.2, 0.25) is 0 Å². The zero-order valence-corrected chi connectivity index (χ0v) is 25.4. The van der Waals surface area contributed by atoms with Crippen LogP contribution in [0.1, 0.15) is 47.1 Å². The Hall–Kier alpha value is -4.31. The fraction of sp³-hybridized carbons (Fsp3) is 0.344. The fourth-order valence-corrected chi connectivity index (χ4v) is 4.97. The number of nitrogens with one attached hydrogen (secondary N) is 2. The van der Waals surface area contributed by atoms with Crippen molar-refractivity contribution in [1.29, 1.82) is 0 Å². The number of ether oxygens (including phenoxy) is 3. The molecule has 2 amide bonds. The van der Waals surface area contributed by atoms with E-state index in [1.54, 1.807) is 12.1 Å². The summed E-state index contributed by atoms with van der Waals surface area (Å²) in [6, 6.07) is 18.8. The first-order valence-electron chi connectivity index (χ1n) is 14.2. The van der Waals surface area contributed by atoms with Crippen LogP contribution < -0.4 is 29.7 Å². The lowest BCUT2D eigenvalue weighted by Gasteiger charge is -2.36. The van der Waals surface area contributed by atoms with Crippen LogP contribution in [0.3, 0.4) is 0 Å². The van der Waals surface area contributed by atoms with Crippen LogP contribution >= 0.6 is 12.2 Å². The Balaban J connectivity index is 1.34. The van der Waals surface area contributed by atoms with E-state index in [9.17, 15) is 9.59 Å². The molecule has 0 saturated carbocycles. The van der Waals surface area contributed by atoms with Gasteiger partial charge in [0.1, 0.15) is 0 Å². The van der Waals surface area contributed by atoms with Crippen LogP contribution in [0.4, 0.5) is 11.4 Å². The molecule has 0 atom stereocenters. The number of carbonyl (C=O) groups excluding carboxylic acids is 2. The molecule has 222 valence electrons. The van der Waals surface area contributed by atoms with E-state index in [1.807, 2.05) is 81.1 Å². The topological polar surface area (TPSA) is 92.4 Å². The molecule has 4 rings (SSSR count). The van der Waals surface area contributed by atoms with Gasteiger partial charge in [0.15, 0.2) is 16.6 Å². The highest BCUT2D eigenvalue weighted by Gasteiger charge is 2.23. The van der Waals surface area contributed by atoms with Crippen molar-refractivity contribution in [1.82, 2.24) is 10.2 Å². The number of aryl methyl sites for hydroxylation is 1. The van der Waals surface area contributed by atoms with Gasteiger partial charge < -0.3 is 29.3 Å². The normalized spacial score (nSPS) is 12.9. The Bertz CT molecular complexity index is 1380. The molecule has 9 nitrogen and oxygen atoms in total. The first-order valence-corrected chi connectivity index (χ1v) is 14.6. The van der Waals surface area contributed by atoms with Gasteiger partial charge in [-0.05, 0) is 87.9 Å². The van der Waals surface area contributed by atoms with E-state index in [-0.39, 0.29) is 11.0 Å². The van der Waals surface area contributed by atoms with Crippen molar-refractivity contribution in [3.63, 3.8) is 0 Å². The van der Waals surface area contributed by atoms with Crippen LogP contribution in [-0.2, 0) is 0 Å². The first kappa shape index (κ1) is 30.6. The number of piperazine rings is 1. The third-order valence-corrected chi connectivity index (χ3v) is 7.04. The van der Waals surface area contributed by atoms with Gasteiger partial charge in [-0.25, -0.2) is 0 Å². The Morgan fingerprint density at radius 3 is 2.00 bits per heavy atom. The molecule has 1 aliphatic rings. The van der Waals surface area contributed by atoms with Gasteiger partial charge in [-0.3, -0.25) is 14.9 Å². The van der Waals surface area contributed by atoms with Gasteiger partial charge in [-0.1, -0.05) is 18.2 Å². The largest absolute Gasteiger partial charge is 0.490 e. The van der Waals surface area contributed by atoms with Crippen molar-refractivity contribution in [3.8, 4) is 17.2 Å². The first-order chi connectivity index (χ1) is 20.3. The minimum absolute atomic E-state index is 0.0799. The van der Waals surface area contributed by atoms with Crippen LogP contribution in [0.15, 0.2) is 60.7 Å². The highest BCUT2D eigenvalue weighted by molar-refractivity contribution is 7.80. The SMILES string of the molecule is CCOc1cc(C(=O)NC(=S)Nc2ccc(N3CCN(C(=O)c4ccccc4C)CC3)cc2)cc(OCC)c1OCC. The average molecular weight is 591 g/mol. The number of anilines is 2. The van der Waals surface area contributed by atoms with Crippen LogP contribution in [0.25, 0.3) is 0 Å². The highest BCUT2D eigenvalue weighted by Crippen LogP contribution is 2.39. The second-order valence-electron chi connectivity index (χ2n) is 9.65. The van der Waals surface area contributed by atoms with Gasteiger partial charge in [0.25, 0.3) is 11.8 Å². The summed E-state index contributed by atoms with van der Waals surface area (Å²) in [5, 5.41) is 5.97. The Kier molecular flexibility index (Phi) is 10.6. The smallest absolute Gasteiger partial charge is 0.257 e. The van der Waals surface area contributed by atoms with Crippen molar-refractivity contribution in [2.75, 3.05) is 56.2 Å². The maximum atomic E-state index is 13.0. The standard InChI is InChI=1S/C32H38N4O5S/c1-5-39-27-20-23(21-28(40-6-2)29(27)41-7-3)30(37)34-32(42)33-24-12-14-25(15-13-24)35-16-18-36(19-17-35)31(38)26-11-9-8-10-22(26)4/h8-15,20-21H,5-7,16-19H2,1-4H3,(H2,33,34,37,42). The number of carbonyl (C=O) groups is 2.